The number of esters is 1. The van der Waals surface area contributed by atoms with E-state index in [1.165, 1.54) is 20.0 Å². The van der Waals surface area contributed by atoms with E-state index < -0.39 is 5.41 Å². The van der Waals surface area contributed by atoms with Crippen LogP contribution < -0.4 is 5.73 Å². The first-order chi connectivity index (χ1) is 7.51. The lowest BCUT2D eigenvalue weighted by atomic mass is 9.89. The van der Waals surface area contributed by atoms with Crippen molar-refractivity contribution in [2.45, 2.75) is 39.2 Å². The average Bonchev–Trinajstić information content (AvgIpc) is 2.72. The van der Waals surface area contributed by atoms with E-state index >= 15 is 0 Å². The van der Waals surface area contributed by atoms with Crippen molar-refractivity contribution in [3.8, 4) is 0 Å². The predicted molar refractivity (Wildman–Crippen MR) is 64.1 cm³/mol. The summed E-state index contributed by atoms with van der Waals surface area (Å²) in [4.78, 5) is 13.9. The second kappa shape index (κ2) is 5.64. The van der Waals surface area contributed by atoms with Gasteiger partial charge >= 0.3 is 5.97 Å². The second-order valence-electron chi connectivity index (χ2n) is 5.19. The van der Waals surface area contributed by atoms with Gasteiger partial charge in [0.25, 0.3) is 0 Å². The molecule has 4 nitrogen and oxygen atoms in total. The minimum absolute atomic E-state index is 0.129. The lowest BCUT2D eigenvalue weighted by Crippen LogP contribution is -2.39. The normalized spacial score (nSPS) is 22.4. The number of nitrogens with zero attached hydrogens (tertiary/aromatic N) is 1. The summed E-state index contributed by atoms with van der Waals surface area (Å²) >= 11 is 0. The molecule has 4 heteroatoms. The van der Waals surface area contributed by atoms with E-state index in [1.54, 1.807) is 0 Å². The molecule has 0 radical (unpaired) electrons. The van der Waals surface area contributed by atoms with Gasteiger partial charge in [-0.1, -0.05) is 0 Å². The van der Waals surface area contributed by atoms with Gasteiger partial charge < -0.3 is 10.5 Å². The first-order valence-electron chi connectivity index (χ1n) is 6.04. The highest BCUT2D eigenvalue weighted by Crippen LogP contribution is 2.25. The predicted octanol–water partition coefficient (Wildman–Crippen LogP) is 0.999. The molecule has 0 bridgehead atoms. The molecule has 0 aromatic rings. The van der Waals surface area contributed by atoms with Crippen LogP contribution in [0.3, 0.4) is 0 Å². The molecule has 1 rings (SSSR count). The van der Waals surface area contributed by atoms with E-state index in [0.717, 1.165) is 26.1 Å². The molecule has 2 N–H and O–H groups in total. The molecule has 1 aliphatic heterocycles. The van der Waals surface area contributed by atoms with E-state index in [1.807, 2.05) is 13.8 Å². The first-order valence-corrected chi connectivity index (χ1v) is 6.04. The van der Waals surface area contributed by atoms with Crippen molar-refractivity contribution in [2.24, 2.45) is 11.1 Å². The molecular formula is C12H24N2O2. The Balaban J connectivity index is 2.41. The van der Waals surface area contributed by atoms with Gasteiger partial charge in [-0.15, -0.1) is 0 Å². The highest BCUT2D eigenvalue weighted by atomic mass is 16.5. The Kier molecular flexibility index (Phi) is 4.74. The van der Waals surface area contributed by atoms with Crippen molar-refractivity contribution in [2.75, 3.05) is 26.7 Å². The quantitative estimate of drug-likeness (QED) is 0.713. The molecule has 1 aliphatic rings. The Morgan fingerprint density at radius 3 is 2.81 bits per heavy atom. The first kappa shape index (κ1) is 13.5. The van der Waals surface area contributed by atoms with Crippen molar-refractivity contribution in [3.63, 3.8) is 0 Å². The number of rotatable bonds is 5. The Morgan fingerprint density at radius 2 is 2.25 bits per heavy atom. The summed E-state index contributed by atoms with van der Waals surface area (Å²) in [6.45, 7) is 6.64. The molecule has 1 atom stereocenters. The number of nitrogens with two attached hydrogens (primary N) is 1. The maximum absolute atomic E-state index is 11.5. The lowest BCUT2D eigenvalue weighted by molar-refractivity contribution is -0.151. The summed E-state index contributed by atoms with van der Waals surface area (Å²) in [5.74, 6) is -0.129. The zero-order valence-electron chi connectivity index (χ0n) is 10.7. The van der Waals surface area contributed by atoms with Gasteiger partial charge in [0.15, 0.2) is 0 Å². The van der Waals surface area contributed by atoms with Gasteiger partial charge in [0.1, 0.15) is 0 Å². The van der Waals surface area contributed by atoms with Gasteiger partial charge in [0.05, 0.1) is 12.5 Å². The number of methoxy groups -OCH3 is 1. The van der Waals surface area contributed by atoms with Crippen molar-refractivity contribution in [3.05, 3.63) is 0 Å². The number of carbonyl (C=O) groups is 1. The van der Waals surface area contributed by atoms with Gasteiger partial charge in [-0.05, 0) is 46.2 Å². The van der Waals surface area contributed by atoms with Gasteiger partial charge in [-0.2, -0.15) is 0 Å². The SMILES string of the molecule is COC(=O)C(C)(C)CCN1CCCC1CN. The molecule has 0 aromatic heterocycles. The zero-order chi connectivity index (χ0) is 12.2. The molecule has 0 spiro atoms. The minimum Gasteiger partial charge on any atom is -0.469 e. The summed E-state index contributed by atoms with van der Waals surface area (Å²) in [5.41, 5.74) is 5.32. The van der Waals surface area contributed by atoms with E-state index in [4.69, 9.17) is 10.5 Å². The molecule has 0 aromatic carbocycles. The molecule has 1 heterocycles. The molecule has 94 valence electrons. The van der Waals surface area contributed by atoms with Crippen molar-refractivity contribution >= 4 is 5.97 Å². The minimum atomic E-state index is -0.392. The summed E-state index contributed by atoms with van der Waals surface area (Å²) < 4.78 is 4.80. The number of carbonyl (C=O) groups excluding carboxylic acids is 1. The fraction of sp³-hybridized carbons (Fsp3) is 0.917. The molecular weight excluding hydrogens is 204 g/mol. The lowest BCUT2D eigenvalue weighted by Gasteiger charge is -2.28. The zero-order valence-corrected chi connectivity index (χ0v) is 10.7. The Hall–Kier alpha value is -0.610. The van der Waals surface area contributed by atoms with Crippen LogP contribution in [-0.2, 0) is 9.53 Å². The van der Waals surface area contributed by atoms with Gasteiger partial charge in [-0.3, -0.25) is 9.69 Å². The third-order valence-corrected chi connectivity index (χ3v) is 3.53. The summed E-state index contributed by atoms with van der Waals surface area (Å²) in [5, 5.41) is 0. The van der Waals surface area contributed by atoms with Crippen LogP contribution in [0.25, 0.3) is 0 Å². The third-order valence-electron chi connectivity index (χ3n) is 3.53. The van der Waals surface area contributed by atoms with E-state index in [9.17, 15) is 4.79 Å². The largest absolute Gasteiger partial charge is 0.469 e. The van der Waals surface area contributed by atoms with Crippen LogP contribution in [0.15, 0.2) is 0 Å². The highest BCUT2D eigenvalue weighted by Gasteiger charge is 2.31. The van der Waals surface area contributed by atoms with Crippen molar-refractivity contribution in [1.82, 2.24) is 4.90 Å². The smallest absolute Gasteiger partial charge is 0.311 e. The molecule has 0 amide bonds. The summed E-state index contributed by atoms with van der Waals surface area (Å²) in [7, 11) is 1.45. The van der Waals surface area contributed by atoms with Crippen LogP contribution in [-0.4, -0.2) is 43.7 Å². The molecule has 1 unspecified atom stereocenters. The Bertz CT molecular complexity index is 241. The number of hydrogen-bond donors (Lipinski definition) is 1. The maximum atomic E-state index is 11.5. The topological polar surface area (TPSA) is 55.6 Å². The van der Waals surface area contributed by atoms with Crippen LogP contribution in [0, 0.1) is 5.41 Å². The van der Waals surface area contributed by atoms with Crippen LogP contribution in [0.1, 0.15) is 33.1 Å². The number of hydrogen-bond acceptors (Lipinski definition) is 4. The van der Waals surface area contributed by atoms with Crippen LogP contribution in [0.4, 0.5) is 0 Å². The molecule has 0 saturated carbocycles. The number of likely N-dealkylation sites (tertiary alicyclic amines) is 1. The standard InChI is InChI=1S/C12H24N2O2/c1-12(2,11(15)16-3)6-8-14-7-4-5-10(14)9-13/h10H,4-9,13H2,1-3H3. The molecule has 16 heavy (non-hydrogen) atoms. The maximum Gasteiger partial charge on any atom is 0.311 e. The fourth-order valence-electron chi connectivity index (χ4n) is 2.26. The molecule has 1 saturated heterocycles. The molecule has 0 aliphatic carbocycles. The van der Waals surface area contributed by atoms with E-state index in [0.29, 0.717) is 6.04 Å². The summed E-state index contributed by atoms with van der Waals surface area (Å²) in [6.07, 6.45) is 3.24. The van der Waals surface area contributed by atoms with Crippen molar-refractivity contribution in [1.29, 1.82) is 0 Å². The fourth-order valence-corrected chi connectivity index (χ4v) is 2.26. The summed E-state index contributed by atoms with van der Waals surface area (Å²) in [6, 6.07) is 0.508. The van der Waals surface area contributed by atoms with Gasteiger partial charge in [0, 0.05) is 12.6 Å². The number of ether oxygens (including phenoxy) is 1. The van der Waals surface area contributed by atoms with Crippen LogP contribution in [0.5, 0.6) is 0 Å². The van der Waals surface area contributed by atoms with Crippen LogP contribution >= 0.6 is 0 Å². The monoisotopic (exact) mass is 228 g/mol. The second-order valence-corrected chi connectivity index (χ2v) is 5.19. The van der Waals surface area contributed by atoms with Crippen LogP contribution in [0.2, 0.25) is 0 Å². The Labute approximate surface area is 98.1 Å². The molecule has 1 fully saturated rings. The Morgan fingerprint density at radius 1 is 1.56 bits per heavy atom. The highest BCUT2D eigenvalue weighted by molar-refractivity contribution is 5.75. The van der Waals surface area contributed by atoms with E-state index in [2.05, 4.69) is 4.90 Å². The van der Waals surface area contributed by atoms with Gasteiger partial charge in [0.2, 0.25) is 0 Å². The van der Waals surface area contributed by atoms with Gasteiger partial charge in [-0.25, -0.2) is 0 Å². The average molecular weight is 228 g/mol. The third kappa shape index (κ3) is 3.19. The van der Waals surface area contributed by atoms with E-state index in [-0.39, 0.29) is 5.97 Å². The van der Waals surface area contributed by atoms with Crippen molar-refractivity contribution < 1.29 is 9.53 Å².